The van der Waals surface area contributed by atoms with Crippen molar-refractivity contribution in [3.8, 4) is 5.75 Å². The van der Waals surface area contributed by atoms with Crippen molar-refractivity contribution in [2.24, 2.45) is 5.92 Å². The number of hydrogen-bond acceptors (Lipinski definition) is 3. The molecule has 0 heterocycles. The molecule has 0 fully saturated rings. The summed E-state index contributed by atoms with van der Waals surface area (Å²) in [6.45, 7) is 8.43. The summed E-state index contributed by atoms with van der Waals surface area (Å²) in [7, 11) is 1.43. The van der Waals surface area contributed by atoms with Crippen molar-refractivity contribution in [1.29, 1.82) is 0 Å². The molecule has 0 saturated heterocycles. The Hall–Kier alpha value is -1.62. The molecular formula is C16H25FN2O2. The summed E-state index contributed by atoms with van der Waals surface area (Å²) in [5.74, 6) is 0.174. The second-order valence-corrected chi connectivity index (χ2v) is 5.64. The van der Waals surface area contributed by atoms with Crippen LogP contribution in [0.15, 0.2) is 18.2 Å². The normalized spacial score (nSPS) is 13.9. The molecule has 0 saturated carbocycles. The van der Waals surface area contributed by atoms with E-state index in [0.717, 1.165) is 5.56 Å². The van der Waals surface area contributed by atoms with Crippen molar-refractivity contribution in [3.63, 3.8) is 0 Å². The number of hydrogen-bond donors (Lipinski definition) is 2. The molecule has 1 aromatic rings. The van der Waals surface area contributed by atoms with Crippen LogP contribution >= 0.6 is 0 Å². The smallest absolute Gasteiger partial charge is 0.236 e. The van der Waals surface area contributed by atoms with Gasteiger partial charge in [0.15, 0.2) is 11.6 Å². The van der Waals surface area contributed by atoms with E-state index in [0.29, 0.717) is 12.5 Å². The molecule has 118 valence electrons. The second kappa shape index (κ2) is 7.98. The Morgan fingerprint density at radius 3 is 2.48 bits per heavy atom. The van der Waals surface area contributed by atoms with E-state index in [1.165, 1.54) is 13.2 Å². The number of benzene rings is 1. The highest BCUT2D eigenvalue weighted by Crippen LogP contribution is 2.21. The van der Waals surface area contributed by atoms with Crippen molar-refractivity contribution in [2.75, 3.05) is 13.7 Å². The average molecular weight is 296 g/mol. The van der Waals surface area contributed by atoms with Crippen molar-refractivity contribution in [2.45, 2.75) is 39.8 Å². The quantitative estimate of drug-likeness (QED) is 0.813. The molecule has 5 heteroatoms. The van der Waals surface area contributed by atoms with E-state index in [2.05, 4.69) is 10.6 Å². The van der Waals surface area contributed by atoms with Crippen LogP contribution in [0.25, 0.3) is 0 Å². The zero-order chi connectivity index (χ0) is 16.0. The van der Waals surface area contributed by atoms with Crippen molar-refractivity contribution < 1.29 is 13.9 Å². The highest BCUT2D eigenvalue weighted by molar-refractivity contribution is 5.81. The maximum absolute atomic E-state index is 13.7. The zero-order valence-electron chi connectivity index (χ0n) is 13.4. The van der Waals surface area contributed by atoms with E-state index in [-0.39, 0.29) is 23.7 Å². The summed E-state index contributed by atoms with van der Waals surface area (Å²) in [5.41, 5.74) is 0.775. The van der Waals surface area contributed by atoms with Crippen LogP contribution in [0.2, 0.25) is 0 Å². The Morgan fingerprint density at radius 2 is 1.95 bits per heavy atom. The van der Waals surface area contributed by atoms with Crippen molar-refractivity contribution >= 4 is 5.91 Å². The number of methoxy groups -OCH3 is 1. The molecule has 0 aliphatic heterocycles. The Kier molecular flexibility index (Phi) is 6.62. The van der Waals surface area contributed by atoms with Crippen LogP contribution in [0.1, 0.15) is 39.3 Å². The number of rotatable bonds is 7. The third-order valence-corrected chi connectivity index (χ3v) is 3.25. The second-order valence-electron chi connectivity index (χ2n) is 5.64. The van der Waals surface area contributed by atoms with E-state index in [1.807, 2.05) is 20.8 Å². The van der Waals surface area contributed by atoms with Crippen LogP contribution in [-0.2, 0) is 4.79 Å². The molecule has 0 spiro atoms. The first kappa shape index (κ1) is 17.4. The number of nitrogens with one attached hydrogen (secondary N) is 2. The SMILES string of the molecule is COc1ccc(C(C)NC(C)C(=O)NCC(C)C)cc1F. The van der Waals surface area contributed by atoms with Gasteiger partial charge in [-0.15, -0.1) is 0 Å². The van der Waals surface area contributed by atoms with Gasteiger partial charge in [-0.25, -0.2) is 4.39 Å². The number of carbonyl (C=O) groups is 1. The molecule has 1 aromatic carbocycles. The van der Waals surface area contributed by atoms with Gasteiger partial charge in [0.05, 0.1) is 13.2 Å². The van der Waals surface area contributed by atoms with Crippen molar-refractivity contribution in [1.82, 2.24) is 10.6 Å². The third-order valence-electron chi connectivity index (χ3n) is 3.25. The summed E-state index contributed by atoms with van der Waals surface area (Å²) in [6, 6.07) is 4.33. The first-order valence-corrected chi connectivity index (χ1v) is 7.22. The summed E-state index contributed by atoms with van der Waals surface area (Å²) in [5, 5.41) is 6.04. The lowest BCUT2D eigenvalue weighted by atomic mass is 10.1. The predicted molar refractivity (Wildman–Crippen MR) is 81.8 cm³/mol. The summed E-state index contributed by atoms with van der Waals surface area (Å²) >= 11 is 0. The molecule has 1 rings (SSSR count). The molecule has 2 N–H and O–H groups in total. The lowest BCUT2D eigenvalue weighted by molar-refractivity contribution is -0.123. The monoisotopic (exact) mass is 296 g/mol. The van der Waals surface area contributed by atoms with E-state index in [4.69, 9.17) is 4.74 Å². The molecule has 2 unspecified atom stereocenters. The van der Waals surface area contributed by atoms with Gasteiger partial charge < -0.3 is 10.1 Å². The summed E-state index contributed by atoms with van der Waals surface area (Å²) in [6.07, 6.45) is 0. The van der Waals surface area contributed by atoms with E-state index in [1.54, 1.807) is 19.1 Å². The lowest BCUT2D eigenvalue weighted by Gasteiger charge is -2.21. The largest absolute Gasteiger partial charge is 0.494 e. The average Bonchev–Trinajstić information content (AvgIpc) is 2.44. The van der Waals surface area contributed by atoms with Gasteiger partial charge in [0.25, 0.3) is 0 Å². The van der Waals surface area contributed by atoms with Gasteiger partial charge in [-0.3, -0.25) is 10.1 Å². The topological polar surface area (TPSA) is 50.4 Å². The highest BCUT2D eigenvalue weighted by Gasteiger charge is 2.17. The number of amides is 1. The Bertz CT molecular complexity index is 477. The third kappa shape index (κ3) is 5.34. The minimum Gasteiger partial charge on any atom is -0.494 e. The maximum atomic E-state index is 13.7. The van der Waals surface area contributed by atoms with Gasteiger partial charge in [0.2, 0.25) is 5.91 Å². The molecule has 0 aliphatic rings. The molecule has 0 aromatic heterocycles. The molecule has 0 radical (unpaired) electrons. The molecule has 1 amide bonds. The van der Waals surface area contributed by atoms with Gasteiger partial charge in [-0.2, -0.15) is 0 Å². The predicted octanol–water partition coefficient (Wildman–Crippen LogP) is 2.65. The Morgan fingerprint density at radius 1 is 1.29 bits per heavy atom. The molecule has 21 heavy (non-hydrogen) atoms. The van der Waals surface area contributed by atoms with E-state index < -0.39 is 5.82 Å². The maximum Gasteiger partial charge on any atom is 0.236 e. The van der Waals surface area contributed by atoms with Crippen molar-refractivity contribution in [3.05, 3.63) is 29.6 Å². The van der Waals surface area contributed by atoms with E-state index >= 15 is 0 Å². The first-order valence-electron chi connectivity index (χ1n) is 7.22. The molecule has 4 nitrogen and oxygen atoms in total. The molecule has 2 atom stereocenters. The fraction of sp³-hybridized carbons (Fsp3) is 0.562. The summed E-state index contributed by atoms with van der Waals surface area (Å²) in [4.78, 5) is 11.9. The Labute approximate surface area is 126 Å². The molecule has 0 bridgehead atoms. The highest BCUT2D eigenvalue weighted by atomic mass is 19.1. The minimum absolute atomic E-state index is 0.0514. The first-order chi connectivity index (χ1) is 9.85. The van der Waals surface area contributed by atoms with Crippen LogP contribution < -0.4 is 15.4 Å². The van der Waals surface area contributed by atoms with E-state index in [9.17, 15) is 9.18 Å². The minimum atomic E-state index is -0.402. The van der Waals surface area contributed by atoms with Gasteiger partial charge in [0, 0.05) is 12.6 Å². The fourth-order valence-electron chi connectivity index (χ4n) is 1.96. The number of halogens is 1. The molecular weight excluding hydrogens is 271 g/mol. The van der Waals surface area contributed by atoms with Crippen LogP contribution in [0.4, 0.5) is 4.39 Å². The van der Waals surface area contributed by atoms with Crippen LogP contribution in [0, 0.1) is 11.7 Å². The summed E-state index contributed by atoms with van der Waals surface area (Å²) < 4.78 is 18.6. The lowest BCUT2D eigenvalue weighted by Crippen LogP contribution is -2.44. The van der Waals surface area contributed by atoms with Gasteiger partial charge in [0.1, 0.15) is 0 Å². The van der Waals surface area contributed by atoms with Gasteiger partial charge in [-0.05, 0) is 37.5 Å². The van der Waals surface area contributed by atoms with Crippen LogP contribution in [-0.4, -0.2) is 25.6 Å². The zero-order valence-corrected chi connectivity index (χ0v) is 13.4. The standard InChI is InChI=1S/C16H25FN2O2/c1-10(2)9-18-16(20)12(4)19-11(3)13-6-7-15(21-5)14(17)8-13/h6-8,10-12,19H,9H2,1-5H3,(H,18,20). The van der Waals surface area contributed by atoms with Crippen LogP contribution in [0.3, 0.4) is 0 Å². The van der Waals surface area contributed by atoms with Crippen LogP contribution in [0.5, 0.6) is 5.75 Å². The molecule has 0 aliphatic carbocycles. The van der Waals surface area contributed by atoms with Gasteiger partial charge >= 0.3 is 0 Å². The van der Waals surface area contributed by atoms with Gasteiger partial charge in [-0.1, -0.05) is 19.9 Å². The fourth-order valence-corrected chi connectivity index (χ4v) is 1.96. The number of carbonyl (C=O) groups excluding carboxylic acids is 1. The Balaban J connectivity index is 2.61. The number of ether oxygens (including phenoxy) is 1.